The van der Waals surface area contributed by atoms with E-state index < -0.39 is 6.10 Å². The van der Waals surface area contributed by atoms with Crippen LogP contribution >= 0.6 is 0 Å². The fourth-order valence-corrected chi connectivity index (χ4v) is 2.23. The molecule has 0 aliphatic rings. The van der Waals surface area contributed by atoms with E-state index in [0.29, 0.717) is 0 Å². The zero-order valence-corrected chi connectivity index (χ0v) is 13.6. The molecule has 22 heavy (non-hydrogen) atoms. The molecule has 2 rings (SSSR count). The highest BCUT2D eigenvalue weighted by Gasteiger charge is 2.18. The maximum atomic E-state index is 12.3. The molecule has 1 N–H and O–H groups in total. The number of nitrogens with one attached hydrogen (secondary N) is 1. The van der Waals surface area contributed by atoms with Gasteiger partial charge in [0.2, 0.25) is 0 Å². The predicted molar refractivity (Wildman–Crippen MR) is 89.0 cm³/mol. The van der Waals surface area contributed by atoms with Gasteiger partial charge in [0.15, 0.2) is 6.10 Å². The maximum absolute atomic E-state index is 12.3. The number of hydrogen-bond acceptors (Lipinski definition) is 2. The molecule has 0 heterocycles. The topological polar surface area (TPSA) is 38.3 Å². The van der Waals surface area contributed by atoms with E-state index >= 15 is 0 Å². The molecule has 116 valence electrons. The van der Waals surface area contributed by atoms with Crippen LogP contribution in [0.4, 0.5) is 0 Å². The number of ether oxygens (including phenoxy) is 1. The third-order valence-corrected chi connectivity index (χ3v) is 3.67. The summed E-state index contributed by atoms with van der Waals surface area (Å²) in [4.78, 5) is 12.3. The normalized spacial score (nSPS) is 13.3. The van der Waals surface area contributed by atoms with Gasteiger partial charge in [0.05, 0.1) is 6.04 Å². The molecular formula is C19H23NO2. The van der Waals surface area contributed by atoms with Gasteiger partial charge in [-0.3, -0.25) is 4.79 Å². The second-order valence-corrected chi connectivity index (χ2v) is 5.67. The summed E-state index contributed by atoms with van der Waals surface area (Å²) in [7, 11) is 0. The summed E-state index contributed by atoms with van der Waals surface area (Å²) in [5.41, 5.74) is 3.22. The number of rotatable bonds is 5. The van der Waals surface area contributed by atoms with Crippen molar-refractivity contribution in [3.05, 3.63) is 65.2 Å². The Bertz CT molecular complexity index is 637. The van der Waals surface area contributed by atoms with Crippen molar-refractivity contribution in [1.82, 2.24) is 5.32 Å². The van der Waals surface area contributed by atoms with E-state index in [9.17, 15) is 4.79 Å². The summed E-state index contributed by atoms with van der Waals surface area (Å²) in [6.07, 6.45) is -0.535. The number of amides is 1. The smallest absolute Gasteiger partial charge is 0.261 e. The van der Waals surface area contributed by atoms with E-state index in [4.69, 9.17) is 4.74 Å². The second kappa shape index (κ2) is 7.12. The highest BCUT2D eigenvalue weighted by Crippen LogP contribution is 2.21. The number of carbonyl (C=O) groups is 1. The van der Waals surface area contributed by atoms with Crippen molar-refractivity contribution in [2.45, 2.75) is 39.8 Å². The number of aryl methyl sites for hydroxylation is 2. The fourth-order valence-electron chi connectivity index (χ4n) is 2.23. The van der Waals surface area contributed by atoms with Crippen LogP contribution in [0.3, 0.4) is 0 Å². The van der Waals surface area contributed by atoms with Crippen LogP contribution in [-0.4, -0.2) is 12.0 Å². The van der Waals surface area contributed by atoms with E-state index in [1.807, 2.05) is 69.3 Å². The van der Waals surface area contributed by atoms with Gasteiger partial charge >= 0.3 is 0 Å². The monoisotopic (exact) mass is 297 g/mol. The van der Waals surface area contributed by atoms with Crippen molar-refractivity contribution >= 4 is 5.91 Å². The molecule has 0 unspecified atom stereocenters. The standard InChI is InChI=1S/C19H23NO2/c1-13-10-11-14(2)18(12-13)22-16(4)19(21)20-15(3)17-8-6-5-7-9-17/h5-12,15-16H,1-4H3,(H,20,21)/t15-,16+/m0/s1. The molecule has 0 aromatic heterocycles. The van der Waals surface area contributed by atoms with Crippen LogP contribution in [0, 0.1) is 13.8 Å². The third kappa shape index (κ3) is 4.10. The van der Waals surface area contributed by atoms with E-state index in [-0.39, 0.29) is 11.9 Å². The lowest BCUT2D eigenvalue weighted by molar-refractivity contribution is -0.127. The molecule has 0 aliphatic heterocycles. The van der Waals surface area contributed by atoms with Crippen LogP contribution in [-0.2, 0) is 4.79 Å². The summed E-state index contributed by atoms with van der Waals surface area (Å²) in [6, 6.07) is 15.8. The molecule has 2 aromatic carbocycles. The Morgan fingerprint density at radius 3 is 2.41 bits per heavy atom. The minimum absolute atomic E-state index is 0.0432. The van der Waals surface area contributed by atoms with Gasteiger partial charge in [-0.2, -0.15) is 0 Å². The van der Waals surface area contributed by atoms with Gasteiger partial charge in [-0.1, -0.05) is 42.5 Å². The van der Waals surface area contributed by atoms with Crippen molar-refractivity contribution < 1.29 is 9.53 Å². The van der Waals surface area contributed by atoms with Gasteiger partial charge in [-0.05, 0) is 50.5 Å². The van der Waals surface area contributed by atoms with Crippen LogP contribution in [0.5, 0.6) is 5.75 Å². The highest BCUT2D eigenvalue weighted by molar-refractivity contribution is 5.81. The number of carbonyl (C=O) groups excluding carboxylic acids is 1. The molecule has 0 saturated carbocycles. The largest absolute Gasteiger partial charge is 0.481 e. The average Bonchev–Trinajstić information content (AvgIpc) is 2.51. The second-order valence-electron chi connectivity index (χ2n) is 5.67. The minimum atomic E-state index is -0.535. The van der Waals surface area contributed by atoms with Crippen LogP contribution in [0.2, 0.25) is 0 Å². The highest BCUT2D eigenvalue weighted by atomic mass is 16.5. The Hall–Kier alpha value is -2.29. The fraction of sp³-hybridized carbons (Fsp3) is 0.316. The molecule has 0 saturated heterocycles. The zero-order chi connectivity index (χ0) is 16.1. The maximum Gasteiger partial charge on any atom is 0.261 e. The molecule has 0 fully saturated rings. The van der Waals surface area contributed by atoms with Crippen molar-refractivity contribution in [3.8, 4) is 5.75 Å². The van der Waals surface area contributed by atoms with Crippen molar-refractivity contribution in [3.63, 3.8) is 0 Å². The van der Waals surface area contributed by atoms with E-state index in [2.05, 4.69) is 5.32 Å². The van der Waals surface area contributed by atoms with Crippen LogP contribution in [0.25, 0.3) is 0 Å². The molecule has 3 nitrogen and oxygen atoms in total. The van der Waals surface area contributed by atoms with Gasteiger partial charge in [0, 0.05) is 0 Å². The van der Waals surface area contributed by atoms with Gasteiger partial charge < -0.3 is 10.1 Å². The summed E-state index contributed by atoms with van der Waals surface area (Å²) >= 11 is 0. The van der Waals surface area contributed by atoms with E-state index in [1.54, 1.807) is 6.92 Å². The molecule has 2 aromatic rings. The SMILES string of the molecule is Cc1ccc(C)c(O[C@H](C)C(=O)N[C@@H](C)c2ccccc2)c1. The van der Waals surface area contributed by atoms with Crippen LogP contribution in [0.15, 0.2) is 48.5 Å². The molecule has 2 atom stereocenters. The Morgan fingerprint density at radius 1 is 1.05 bits per heavy atom. The first-order chi connectivity index (χ1) is 10.5. The summed E-state index contributed by atoms with van der Waals surface area (Å²) in [5.74, 6) is 0.646. The lowest BCUT2D eigenvalue weighted by Gasteiger charge is -2.20. The molecule has 0 aliphatic carbocycles. The molecule has 1 amide bonds. The summed E-state index contributed by atoms with van der Waals surface area (Å²) in [6.45, 7) is 7.73. The van der Waals surface area contributed by atoms with Crippen molar-refractivity contribution in [2.75, 3.05) is 0 Å². The third-order valence-electron chi connectivity index (χ3n) is 3.67. The predicted octanol–water partition coefficient (Wildman–Crippen LogP) is 3.95. The summed E-state index contributed by atoms with van der Waals surface area (Å²) < 4.78 is 5.81. The molecule has 0 bridgehead atoms. The first-order valence-electron chi connectivity index (χ1n) is 7.56. The Balaban J connectivity index is 1.99. The minimum Gasteiger partial charge on any atom is -0.481 e. The molecule has 0 spiro atoms. The lowest BCUT2D eigenvalue weighted by Crippen LogP contribution is -2.37. The van der Waals surface area contributed by atoms with Gasteiger partial charge in [-0.15, -0.1) is 0 Å². The summed E-state index contributed by atoms with van der Waals surface area (Å²) in [5, 5.41) is 2.99. The van der Waals surface area contributed by atoms with Crippen LogP contribution < -0.4 is 10.1 Å². The molecule has 0 radical (unpaired) electrons. The number of hydrogen-bond donors (Lipinski definition) is 1. The van der Waals surface area contributed by atoms with E-state index in [0.717, 1.165) is 22.4 Å². The quantitative estimate of drug-likeness (QED) is 0.907. The van der Waals surface area contributed by atoms with Gasteiger partial charge in [-0.25, -0.2) is 0 Å². The lowest BCUT2D eigenvalue weighted by atomic mass is 10.1. The van der Waals surface area contributed by atoms with Crippen molar-refractivity contribution in [1.29, 1.82) is 0 Å². The number of benzene rings is 2. The van der Waals surface area contributed by atoms with E-state index in [1.165, 1.54) is 0 Å². The van der Waals surface area contributed by atoms with Gasteiger partial charge in [0.25, 0.3) is 5.91 Å². The average molecular weight is 297 g/mol. The zero-order valence-electron chi connectivity index (χ0n) is 13.6. The van der Waals surface area contributed by atoms with Gasteiger partial charge in [0.1, 0.15) is 5.75 Å². The molecule has 3 heteroatoms. The Morgan fingerprint density at radius 2 is 1.73 bits per heavy atom. The first kappa shape index (κ1) is 16.1. The molecular weight excluding hydrogens is 274 g/mol. The van der Waals surface area contributed by atoms with Crippen molar-refractivity contribution in [2.24, 2.45) is 0 Å². The first-order valence-corrected chi connectivity index (χ1v) is 7.56. The Labute approximate surface area is 132 Å². The van der Waals surface area contributed by atoms with Crippen LogP contribution in [0.1, 0.15) is 36.6 Å². The Kier molecular flexibility index (Phi) is 5.21.